The van der Waals surface area contributed by atoms with E-state index in [4.69, 9.17) is 0 Å². The van der Waals surface area contributed by atoms with Crippen LogP contribution in [0.15, 0.2) is 48.5 Å². The molecule has 1 heterocycles. The number of benzene rings is 2. The molecule has 0 saturated carbocycles. The summed E-state index contributed by atoms with van der Waals surface area (Å²) in [5, 5.41) is 3.50. The molecule has 2 aromatic carbocycles. The molecule has 1 atom stereocenters. The third-order valence-corrected chi connectivity index (χ3v) is 4.69. The minimum absolute atomic E-state index is 0.0391. The average molecular weight is 330 g/mol. The molecular weight excluding hydrogens is 313 g/mol. The Labute approximate surface area is 125 Å². The number of nitrogens with one attached hydrogen (secondary N) is 1. The first-order chi connectivity index (χ1) is 9.84. The molecule has 0 bridgehead atoms. The maximum absolute atomic E-state index is 4.49. The van der Waals surface area contributed by atoms with E-state index < -0.39 is 0 Å². The van der Waals surface area contributed by atoms with Crippen molar-refractivity contribution in [3.05, 3.63) is 54.1 Å². The van der Waals surface area contributed by atoms with Crippen molar-refractivity contribution in [3.8, 4) is 0 Å². The second-order valence-corrected chi connectivity index (χ2v) is 6.07. The van der Waals surface area contributed by atoms with Gasteiger partial charge in [0.25, 0.3) is 0 Å². The molecule has 0 fully saturated rings. The molecule has 20 heavy (non-hydrogen) atoms. The van der Waals surface area contributed by atoms with Crippen LogP contribution < -0.4 is 5.32 Å². The summed E-state index contributed by atoms with van der Waals surface area (Å²) < 4.78 is 8.90. The topological polar surface area (TPSA) is 37.8 Å². The molecule has 1 unspecified atom stereocenters. The predicted octanol–water partition coefficient (Wildman–Crippen LogP) is 3.29. The standard InChI is InChI=1S/C16H17N3Se/c1-12(13-6-3-2-4-7-13)10-11-17-14-8-5-9-15-16(14)19-20-18-15/h2-9,12,17H,10-11H2,1H3. The Bertz CT molecular complexity index is 678. The van der Waals surface area contributed by atoms with E-state index in [-0.39, 0.29) is 15.0 Å². The van der Waals surface area contributed by atoms with Crippen molar-refractivity contribution >= 4 is 31.7 Å². The van der Waals surface area contributed by atoms with Gasteiger partial charge in [0.15, 0.2) is 0 Å². The fraction of sp³-hybridized carbons (Fsp3) is 0.250. The van der Waals surface area contributed by atoms with Crippen LogP contribution in [0.1, 0.15) is 24.8 Å². The number of rotatable bonds is 5. The molecule has 3 rings (SSSR count). The van der Waals surface area contributed by atoms with E-state index in [2.05, 4.69) is 56.6 Å². The monoisotopic (exact) mass is 331 g/mol. The molecule has 0 saturated heterocycles. The number of hydrogen-bond acceptors (Lipinski definition) is 3. The van der Waals surface area contributed by atoms with Gasteiger partial charge in [-0.1, -0.05) is 0 Å². The Morgan fingerprint density at radius 2 is 1.90 bits per heavy atom. The Balaban J connectivity index is 1.61. The van der Waals surface area contributed by atoms with Crippen molar-refractivity contribution in [3.63, 3.8) is 0 Å². The fourth-order valence-electron chi connectivity index (χ4n) is 2.32. The van der Waals surface area contributed by atoms with Gasteiger partial charge in [-0.15, -0.1) is 0 Å². The molecule has 102 valence electrons. The second kappa shape index (κ2) is 6.21. The normalized spacial score (nSPS) is 12.4. The van der Waals surface area contributed by atoms with Crippen molar-refractivity contribution in [1.29, 1.82) is 0 Å². The first-order valence-electron chi connectivity index (χ1n) is 6.84. The van der Waals surface area contributed by atoms with Crippen LogP contribution in [0.5, 0.6) is 0 Å². The third kappa shape index (κ3) is 2.92. The van der Waals surface area contributed by atoms with Crippen LogP contribution in [0.2, 0.25) is 0 Å². The fourth-order valence-corrected chi connectivity index (χ4v) is 3.47. The molecule has 0 aliphatic rings. The summed E-state index contributed by atoms with van der Waals surface area (Å²) in [5.74, 6) is 0.561. The van der Waals surface area contributed by atoms with Crippen LogP contribution >= 0.6 is 0 Å². The molecule has 0 aliphatic heterocycles. The first kappa shape index (κ1) is 13.3. The van der Waals surface area contributed by atoms with Crippen LogP contribution in [0.4, 0.5) is 5.69 Å². The molecule has 0 spiro atoms. The number of hydrogen-bond donors (Lipinski definition) is 1. The molecule has 1 aromatic heterocycles. The van der Waals surface area contributed by atoms with E-state index in [1.807, 2.05) is 12.1 Å². The SMILES string of the molecule is CC(CCNc1cccc2n[se]nc12)c1ccccc1. The summed E-state index contributed by atoms with van der Waals surface area (Å²) in [6, 6.07) is 16.8. The third-order valence-electron chi connectivity index (χ3n) is 3.55. The van der Waals surface area contributed by atoms with Crippen molar-refractivity contribution in [1.82, 2.24) is 7.96 Å². The van der Waals surface area contributed by atoms with Crippen LogP contribution in [0, 0.1) is 0 Å². The number of fused-ring (bicyclic) bond motifs is 1. The van der Waals surface area contributed by atoms with Gasteiger partial charge in [0, 0.05) is 0 Å². The quantitative estimate of drug-likeness (QED) is 0.730. The van der Waals surface area contributed by atoms with Crippen molar-refractivity contribution in [2.75, 3.05) is 11.9 Å². The molecule has 4 heteroatoms. The Hall–Kier alpha value is -1.64. The van der Waals surface area contributed by atoms with Gasteiger partial charge < -0.3 is 0 Å². The average Bonchev–Trinajstić information content (AvgIpc) is 2.97. The van der Waals surface area contributed by atoms with Gasteiger partial charge in [0.1, 0.15) is 0 Å². The summed E-state index contributed by atoms with van der Waals surface area (Å²) in [6.45, 7) is 3.23. The molecule has 1 N–H and O–H groups in total. The van der Waals surface area contributed by atoms with E-state index in [0.717, 1.165) is 29.7 Å². The van der Waals surface area contributed by atoms with Crippen molar-refractivity contribution in [2.45, 2.75) is 19.3 Å². The van der Waals surface area contributed by atoms with Gasteiger partial charge in [-0.3, -0.25) is 0 Å². The van der Waals surface area contributed by atoms with E-state index in [1.165, 1.54) is 5.56 Å². The number of aromatic nitrogens is 2. The van der Waals surface area contributed by atoms with Crippen molar-refractivity contribution in [2.24, 2.45) is 0 Å². The van der Waals surface area contributed by atoms with Crippen molar-refractivity contribution < 1.29 is 0 Å². The summed E-state index contributed by atoms with van der Waals surface area (Å²) in [6.07, 6.45) is 1.11. The molecule has 0 radical (unpaired) electrons. The van der Waals surface area contributed by atoms with E-state index in [1.54, 1.807) is 0 Å². The van der Waals surface area contributed by atoms with Crippen LogP contribution in [-0.2, 0) is 0 Å². The summed E-state index contributed by atoms with van der Waals surface area (Å²) in [7, 11) is 0. The van der Waals surface area contributed by atoms with Gasteiger partial charge >= 0.3 is 125 Å². The zero-order chi connectivity index (χ0) is 13.8. The Kier molecular flexibility index (Phi) is 4.14. The Morgan fingerprint density at radius 1 is 1.05 bits per heavy atom. The van der Waals surface area contributed by atoms with Crippen LogP contribution in [0.25, 0.3) is 11.0 Å². The zero-order valence-electron chi connectivity index (χ0n) is 11.4. The van der Waals surface area contributed by atoms with E-state index in [9.17, 15) is 0 Å². The van der Waals surface area contributed by atoms with Gasteiger partial charge in [-0.25, -0.2) is 0 Å². The molecule has 3 nitrogen and oxygen atoms in total. The zero-order valence-corrected chi connectivity index (χ0v) is 13.1. The first-order valence-corrected chi connectivity index (χ1v) is 8.38. The van der Waals surface area contributed by atoms with Crippen LogP contribution in [-0.4, -0.2) is 29.5 Å². The molecule has 0 aliphatic carbocycles. The van der Waals surface area contributed by atoms with Gasteiger partial charge in [-0.05, 0) is 0 Å². The summed E-state index contributed by atoms with van der Waals surface area (Å²) in [5.41, 5.74) is 4.59. The Morgan fingerprint density at radius 3 is 2.75 bits per heavy atom. The predicted molar refractivity (Wildman–Crippen MR) is 84.4 cm³/mol. The minimum atomic E-state index is 0.0391. The molecule has 3 aromatic rings. The van der Waals surface area contributed by atoms with E-state index >= 15 is 0 Å². The van der Waals surface area contributed by atoms with Gasteiger partial charge in [0.05, 0.1) is 0 Å². The number of nitrogens with zero attached hydrogens (tertiary/aromatic N) is 2. The number of anilines is 1. The van der Waals surface area contributed by atoms with Crippen LogP contribution in [0.3, 0.4) is 0 Å². The maximum atomic E-state index is 4.49. The van der Waals surface area contributed by atoms with Gasteiger partial charge in [-0.2, -0.15) is 0 Å². The second-order valence-electron chi connectivity index (χ2n) is 4.96. The van der Waals surface area contributed by atoms with E-state index in [0.29, 0.717) is 5.92 Å². The molecule has 0 amide bonds. The van der Waals surface area contributed by atoms with Gasteiger partial charge in [0.2, 0.25) is 0 Å². The summed E-state index contributed by atoms with van der Waals surface area (Å²) >= 11 is 0.0391. The summed E-state index contributed by atoms with van der Waals surface area (Å²) in [4.78, 5) is 0. The molecular formula is C16H17N3Se.